The van der Waals surface area contributed by atoms with Crippen molar-refractivity contribution in [1.82, 2.24) is 9.62 Å². The molecule has 0 aliphatic heterocycles. The highest BCUT2D eigenvalue weighted by molar-refractivity contribution is 7.89. The summed E-state index contributed by atoms with van der Waals surface area (Å²) in [4.78, 5) is 1.35. The van der Waals surface area contributed by atoms with E-state index in [2.05, 4.69) is 12.2 Å². The standard InChI is InChI=1S/C14H26N2O3S2/c1-5-7-15-10-13-14(12(3)11-20-13)21(17,18)16(6-2)8-9-19-4/h11,15H,5-10H2,1-4H3. The van der Waals surface area contributed by atoms with E-state index in [1.807, 2.05) is 19.2 Å². The second-order valence-corrected chi connectivity index (χ2v) is 7.68. The van der Waals surface area contributed by atoms with E-state index in [0.29, 0.717) is 31.1 Å². The molecule has 21 heavy (non-hydrogen) atoms. The van der Waals surface area contributed by atoms with Gasteiger partial charge in [0.05, 0.1) is 6.61 Å². The first-order valence-corrected chi connectivity index (χ1v) is 9.57. The van der Waals surface area contributed by atoms with Gasteiger partial charge in [-0.1, -0.05) is 13.8 Å². The molecule has 1 rings (SSSR count). The lowest BCUT2D eigenvalue weighted by Gasteiger charge is -2.21. The van der Waals surface area contributed by atoms with Gasteiger partial charge in [-0.3, -0.25) is 0 Å². The van der Waals surface area contributed by atoms with Crippen molar-refractivity contribution >= 4 is 21.4 Å². The summed E-state index contributed by atoms with van der Waals surface area (Å²) in [5.41, 5.74) is 0.823. The Labute approximate surface area is 132 Å². The summed E-state index contributed by atoms with van der Waals surface area (Å²) >= 11 is 1.51. The fourth-order valence-corrected chi connectivity index (χ4v) is 5.27. The van der Waals surface area contributed by atoms with Crippen molar-refractivity contribution in [3.8, 4) is 0 Å². The zero-order valence-electron chi connectivity index (χ0n) is 13.3. The quantitative estimate of drug-likeness (QED) is 0.667. The minimum Gasteiger partial charge on any atom is -0.383 e. The molecular formula is C14H26N2O3S2. The normalized spacial score (nSPS) is 12.2. The third-order valence-corrected chi connectivity index (χ3v) is 6.64. The van der Waals surface area contributed by atoms with E-state index in [1.165, 1.54) is 15.6 Å². The highest BCUT2D eigenvalue weighted by Crippen LogP contribution is 2.29. The number of hydrogen-bond acceptors (Lipinski definition) is 5. The Hall–Kier alpha value is -0.470. The maximum absolute atomic E-state index is 12.9. The molecular weight excluding hydrogens is 308 g/mol. The van der Waals surface area contributed by atoms with Crippen molar-refractivity contribution in [1.29, 1.82) is 0 Å². The first-order valence-electron chi connectivity index (χ1n) is 7.25. The maximum Gasteiger partial charge on any atom is 0.244 e. The molecule has 0 spiro atoms. The smallest absolute Gasteiger partial charge is 0.244 e. The minimum absolute atomic E-state index is 0.381. The number of hydrogen-bond donors (Lipinski definition) is 1. The molecule has 0 radical (unpaired) electrons. The largest absolute Gasteiger partial charge is 0.383 e. The summed E-state index contributed by atoms with van der Waals surface area (Å²) in [6.45, 7) is 8.52. The van der Waals surface area contributed by atoms with Gasteiger partial charge in [-0.05, 0) is 30.8 Å². The topological polar surface area (TPSA) is 58.6 Å². The lowest BCUT2D eigenvalue weighted by Crippen LogP contribution is -2.34. The summed E-state index contributed by atoms with van der Waals surface area (Å²) in [5, 5.41) is 5.20. The summed E-state index contributed by atoms with van der Waals surface area (Å²) in [7, 11) is -1.87. The molecule has 0 aliphatic rings. The van der Waals surface area contributed by atoms with Crippen LogP contribution < -0.4 is 5.32 Å². The molecule has 1 N–H and O–H groups in total. The Morgan fingerprint density at radius 3 is 2.67 bits per heavy atom. The zero-order chi connectivity index (χ0) is 15.9. The average molecular weight is 335 g/mol. The molecule has 0 unspecified atom stereocenters. The van der Waals surface area contributed by atoms with E-state index >= 15 is 0 Å². The number of sulfonamides is 1. The fourth-order valence-electron chi connectivity index (χ4n) is 2.10. The molecule has 0 atom stereocenters. The molecule has 0 amide bonds. The molecule has 1 heterocycles. The Morgan fingerprint density at radius 1 is 1.38 bits per heavy atom. The first-order chi connectivity index (χ1) is 9.98. The second kappa shape index (κ2) is 8.85. The van der Waals surface area contributed by atoms with Gasteiger partial charge in [-0.25, -0.2) is 8.42 Å². The van der Waals surface area contributed by atoms with Crippen LogP contribution in [0.15, 0.2) is 10.3 Å². The minimum atomic E-state index is -3.45. The van der Waals surface area contributed by atoms with Gasteiger partial charge < -0.3 is 10.1 Å². The van der Waals surface area contributed by atoms with E-state index < -0.39 is 10.0 Å². The number of ether oxygens (including phenoxy) is 1. The van der Waals surface area contributed by atoms with Crippen LogP contribution in [0.2, 0.25) is 0 Å². The van der Waals surface area contributed by atoms with Crippen LogP contribution in [0, 0.1) is 6.92 Å². The monoisotopic (exact) mass is 334 g/mol. The summed E-state index contributed by atoms with van der Waals surface area (Å²) in [5.74, 6) is 0. The Morgan fingerprint density at radius 2 is 2.10 bits per heavy atom. The molecule has 122 valence electrons. The van der Waals surface area contributed by atoms with Crippen LogP contribution in [0.4, 0.5) is 0 Å². The molecule has 0 saturated carbocycles. The predicted molar refractivity (Wildman–Crippen MR) is 87.4 cm³/mol. The van der Waals surface area contributed by atoms with E-state index in [4.69, 9.17) is 4.74 Å². The van der Waals surface area contributed by atoms with Crippen LogP contribution >= 0.6 is 11.3 Å². The molecule has 0 fully saturated rings. The van der Waals surface area contributed by atoms with Crippen molar-refractivity contribution in [3.05, 3.63) is 15.8 Å². The molecule has 0 aromatic carbocycles. The van der Waals surface area contributed by atoms with Crippen LogP contribution in [0.3, 0.4) is 0 Å². The Bertz CT molecular complexity index is 526. The molecule has 0 bridgehead atoms. The van der Waals surface area contributed by atoms with Crippen LogP contribution in [-0.4, -0.2) is 46.1 Å². The van der Waals surface area contributed by atoms with E-state index in [1.54, 1.807) is 7.11 Å². The van der Waals surface area contributed by atoms with E-state index in [-0.39, 0.29) is 0 Å². The molecule has 0 saturated heterocycles. The average Bonchev–Trinajstić information content (AvgIpc) is 2.81. The van der Waals surface area contributed by atoms with Gasteiger partial charge in [0.25, 0.3) is 0 Å². The zero-order valence-corrected chi connectivity index (χ0v) is 14.9. The van der Waals surface area contributed by atoms with Crippen LogP contribution in [0.5, 0.6) is 0 Å². The van der Waals surface area contributed by atoms with Crippen molar-refractivity contribution in [2.45, 2.75) is 38.6 Å². The third kappa shape index (κ3) is 4.75. The number of methoxy groups -OCH3 is 1. The molecule has 1 aromatic rings. The summed E-state index contributed by atoms with van der Waals surface area (Å²) < 4.78 is 32.2. The number of nitrogens with one attached hydrogen (secondary N) is 1. The van der Waals surface area contributed by atoms with Crippen LogP contribution in [0.1, 0.15) is 30.7 Å². The lowest BCUT2D eigenvalue weighted by molar-refractivity contribution is 0.180. The predicted octanol–water partition coefficient (Wildman–Crippen LogP) is 2.21. The first kappa shape index (κ1) is 18.6. The Balaban J connectivity index is 3.03. The Kier molecular flexibility index (Phi) is 7.83. The van der Waals surface area contributed by atoms with E-state index in [9.17, 15) is 8.42 Å². The van der Waals surface area contributed by atoms with Gasteiger partial charge in [0.15, 0.2) is 0 Å². The van der Waals surface area contributed by atoms with Crippen molar-refractivity contribution in [3.63, 3.8) is 0 Å². The second-order valence-electron chi connectivity index (χ2n) is 4.84. The number of nitrogens with zero attached hydrogens (tertiary/aromatic N) is 1. The van der Waals surface area contributed by atoms with Crippen molar-refractivity contribution < 1.29 is 13.2 Å². The van der Waals surface area contributed by atoms with Gasteiger partial charge in [0.2, 0.25) is 10.0 Å². The number of aryl methyl sites for hydroxylation is 1. The maximum atomic E-state index is 12.9. The van der Waals surface area contributed by atoms with Gasteiger partial charge in [0.1, 0.15) is 4.90 Å². The number of thiophene rings is 1. The lowest BCUT2D eigenvalue weighted by atomic mass is 10.3. The molecule has 1 aromatic heterocycles. The summed E-state index contributed by atoms with van der Waals surface area (Å²) in [6, 6.07) is 0. The highest BCUT2D eigenvalue weighted by atomic mass is 32.2. The van der Waals surface area contributed by atoms with Gasteiger partial charge >= 0.3 is 0 Å². The van der Waals surface area contributed by atoms with Crippen molar-refractivity contribution in [2.24, 2.45) is 0 Å². The third-order valence-electron chi connectivity index (χ3n) is 3.20. The van der Waals surface area contributed by atoms with E-state index in [0.717, 1.165) is 23.4 Å². The van der Waals surface area contributed by atoms with Crippen LogP contribution in [-0.2, 0) is 21.3 Å². The molecule has 0 aliphatic carbocycles. The molecule has 5 nitrogen and oxygen atoms in total. The number of rotatable bonds is 10. The van der Waals surface area contributed by atoms with Crippen molar-refractivity contribution in [2.75, 3.05) is 33.4 Å². The van der Waals surface area contributed by atoms with Gasteiger partial charge in [-0.2, -0.15) is 4.31 Å². The van der Waals surface area contributed by atoms with Gasteiger partial charge in [-0.15, -0.1) is 11.3 Å². The van der Waals surface area contributed by atoms with Gasteiger partial charge in [0, 0.05) is 31.6 Å². The highest BCUT2D eigenvalue weighted by Gasteiger charge is 2.28. The fraction of sp³-hybridized carbons (Fsp3) is 0.714. The van der Waals surface area contributed by atoms with Crippen LogP contribution in [0.25, 0.3) is 0 Å². The molecule has 7 heteroatoms. The summed E-state index contributed by atoms with van der Waals surface area (Å²) in [6.07, 6.45) is 1.03. The SMILES string of the molecule is CCCNCc1scc(C)c1S(=O)(=O)N(CC)CCOC. The number of likely N-dealkylation sites (N-methyl/N-ethyl adjacent to an activating group) is 1.